The average molecular weight is 230 g/mol. The zero-order chi connectivity index (χ0) is 11.3. The molecule has 1 rings (SSSR count). The largest absolute Gasteiger partial charge is 0.393 e. The summed E-state index contributed by atoms with van der Waals surface area (Å²) in [5.41, 5.74) is 0.704. The van der Waals surface area contributed by atoms with E-state index in [2.05, 4.69) is 10.3 Å². The Morgan fingerprint density at radius 3 is 3.00 bits per heavy atom. The summed E-state index contributed by atoms with van der Waals surface area (Å²) in [5, 5.41) is 13.3. The van der Waals surface area contributed by atoms with Gasteiger partial charge in [0.25, 0.3) is 0 Å². The summed E-state index contributed by atoms with van der Waals surface area (Å²) in [5.74, 6) is -0.122. The van der Waals surface area contributed by atoms with Crippen LogP contribution in [0.4, 0.5) is 0 Å². The first-order valence-corrected chi connectivity index (χ1v) is 5.57. The van der Waals surface area contributed by atoms with Gasteiger partial charge in [-0.2, -0.15) is 0 Å². The van der Waals surface area contributed by atoms with Crippen LogP contribution in [0.1, 0.15) is 25.5 Å². The zero-order valence-corrected chi connectivity index (χ0v) is 9.26. The third-order valence-corrected chi connectivity index (χ3v) is 2.55. The summed E-state index contributed by atoms with van der Waals surface area (Å²) < 4.78 is 0. The summed E-state index contributed by atoms with van der Waals surface area (Å²) in [4.78, 5) is 24.5. The third-order valence-electron chi connectivity index (χ3n) is 1.84. The second-order valence-electron chi connectivity index (χ2n) is 3.34. The van der Waals surface area contributed by atoms with Crippen LogP contribution < -0.4 is 10.2 Å². The molecule has 0 radical (unpaired) electrons. The smallest absolute Gasteiger partial charge is 0.304 e. The minimum Gasteiger partial charge on any atom is -0.393 e. The van der Waals surface area contributed by atoms with Gasteiger partial charge in [0, 0.05) is 17.5 Å². The van der Waals surface area contributed by atoms with Crippen LogP contribution in [0.2, 0.25) is 0 Å². The molecule has 0 aliphatic rings. The third kappa shape index (κ3) is 4.75. The number of H-pyrrole nitrogens is 1. The molecule has 1 amide bonds. The molecule has 0 bridgehead atoms. The van der Waals surface area contributed by atoms with Gasteiger partial charge in [-0.05, 0) is 13.3 Å². The first-order valence-electron chi connectivity index (χ1n) is 4.69. The lowest BCUT2D eigenvalue weighted by Crippen LogP contribution is -2.24. The summed E-state index contributed by atoms with van der Waals surface area (Å²) in [7, 11) is 0. The maximum atomic E-state index is 11.2. The van der Waals surface area contributed by atoms with Gasteiger partial charge in [-0.15, -0.1) is 0 Å². The molecule has 0 fully saturated rings. The minimum absolute atomic E-state index is 0.122. The molecule has 1 aromatic rings. The Bertz CT molecular complexity index is 369. The zero-order valence-electron chi connectivity index (χ0n) is 8.45. The number of aromatic nitrogens is 1. The number of carbonyl (C=O) groups excluding carboxylic acids is 1. The van der Waals surface area contributed by atoms with Crippen LogP contribution in [-0.2, 0) is 11.3 Å². The Labute approximate surface area is 91.1 Å². The molecule has 0 saturated carbocycles. The van der Waals surface area contributed by atoms with Gasteiger partial charge in [0.05, 0.1) is 12.6 Å². The molecule has 84 valence electrons. The van der Waals surface area contributed by atoms with Crippen molar-refractivity contribution in [1.29, 1.82) is 0 Å². The van der Waals surface area contributed by atoms with Gasteiger partial charge in [0.2, 0.25) is 5.91 Å². The quantitative estimate of drug-likeness (QED) is 0.676. The van der Waals surface area contributed by atoms with Crippen molar-refractivity contribution in [2.45, 2.75) is 32.4 Å². The molecule has 1 atom stereocenters. The minimum atomic E-state index is -0.461. The van der Waals surface area contributed by atoms with Crippen molar-refractivity contribution in [1.82, 2.24) is 10.3 Å². The lowest BCUT2D eigenvalue weighted by molar-refractivity contribution is -0.121. The molecule has 0 aliphatic heterocycles. The van der Waals surface area contributed by atoms with Crippen LogP contribution in [0.15, 0.2) is 10.2 Å². The molecule has 0 aromatic carbocycles. The fourth-order valence-corrected chi connectivity index (χ4v) is 1.60. The molecule has 6 heteroatoms. The van der Waals surface area contributed by atoms with Crippen molar-refractivity contribution in [2.24, 2.45) is 0 Å². The molecule has 5 nitrogen and oxygen atoms in total. The number of aliphatic hydroxyl groups excluding tert-OH is 1. The fraction of sp³-hybridized carbons (Fsp3) is 0.556. The SMILES string of the molecule is CC(O)CCC(=O)NCc1csc(=O)[nH]1. The van der Waals surface area contributed by atoms with E-state index in [1.807, 2.05) is 0 Å². The van der Waals surface area contributed by atoms with Crippen LogP contribution >= 0.6 is 11.3 Å². The van der Waals surface area contributed by atoms with E-state index in [-0.39, 0.29) is 10.8 Å². The maximum Gasteiger partial charge on any atom is 0.304 e. The van der Waals surface area contributed by atoms with Crippen LogP contribution in [0, 0.1) is 0 Å². The first kappa shape index (κ1) is 11.9. The Hall–Kier alpha value is -1.14. The molecule has 0 aliphatic carbocycles. The molecule has 1 heterocycles. The second-order valence-corrected chi connectivity index (χ2v) is 4.18. The van der Waals surface area contributed by atoms with Gasteiger partial charge in [0.1, 0.15) is 0 Å². The predicted molar refractivity (Wildman–Crippen MR) is 57.7 cm³/mol. The van der Waals surface area contributed by atoms with Crippen LogP contribution in [-0.4, -0.2) is 22.1 Å². The molecule has 1 unspecified atom stereocenters. The van der Waals surface area contributed by atoms with E-state index in [4.69, 9.17) is 5.11 Å². The Morgan fingerprint density at radius 1 is 1.73 bits per heavy atom. The van der Waals surface area contributed by atoms with Gasteiger partial charge < -0.3 is 15.4 Å². The Balaban J connectivity index is 2.25. The first-order chi connectivity index (χ1) is 7.08. The monoisotopic (exact) mass is 230 g/mol. The van der Waals surface area contributed by atoms with Gasteiger partial charge in [-0.3, -0.25) is 9.59 Å². The number of aromatic amines is 1. The van der Waals surface area contributed by atoms with E-state index in [0.717, 1.165) is 11.3 Å². The fourth-order valence-electron chi connectivity index (χ4n) is 1.02. The van der Waals surface area contributed by atoms with Gasteiger partial charge in [-0.25, -0.2) is 0 Å². The van der Waals surface area contributed by atoms with E-state index < -0.39 is 6.10 Å². The number of nitrogens with one attached hydrogen (secondary N) is 2. The second kappa shape index (κ2) is 5.67. The number of aliphatic hydroxyl groups is 1. The van der Waals surface area contributed by atoms with Crippen molar-refractivity contribution >= 4 is 17.2 Å². The molecule has 1 aromatic heterocycles. The van der Waals surface area contributed by atoms with Gasteiger partial charge in [0.15, 0.2) is 0 Å². The molecule has 15 heavy (non-hydrogen) atoms. The topological polar surface area (TPSA) is 82.2 Å². The maximum absolute atomic E-state index is 11.2. The van der Waals surface area contributed by atoms with Crippen molar-refractivity contribution in [3.63, 3.8) is 0 Å². The lowest BCUT2D eigenvalue weighted by atomic mass is 10.2. The molecular formula is C9H14N2O3S. The van der Waals surface area contributed by atoms with Crippen molar-refractivity contribution < 1.29 is 9.90 Å². The highest BCUT2D eigenvalue weighted by Gasteiger charge is 2.04. The predicted octanol–water partition coefficient (Wildman–Crippen LogP) is 0.214. The lowest BCUT2D eigenvalue weighted by Gasteiger charge is -2.04. The highest BCUT2D eigenvalue weighted by Crippen LogP contribution is 1.97. The van der Waals surface area contributed by atoms with Crippen LogP contribution in [0.3, 0.4) is 0 Å². The van der Waals surface area contributed by atoms with E-state index in [0.29, 0.717) is 25.1 Å². The standard InChI is InChI=1S/C9H14N2O3S/c1-6(12)2-3-8(13)10-4-7-5-15-9(14)11-7/h5-6,12H,2-4H2,1H3,(H,10,13)(H,11,14). The van der Waals surface area contributed by atoms with Crippen molar-refractivity contribution in [3.8, 4) is 0 Å². The Morgan fingerprint density at radius 2 is 2.47 bits per heavy atom. The Kier molecular flexibility index (Phi) is 4.51. The highest BCUT2D eigenvalue weighted by atomic mass is 32.1. The van der Waals surface area contributed by atoms with Gasteiger partial charge >= 0.3 is 4.87 Å². The van der Waals surface area contributed by atoms with E-state index in [9.17, 15) is 9.59 Å². The highest BCUT2D eigenvalue weighted by molar-refractivity contribution is 7.07. The molecule has 0 spiro atoms. The number of hydrogen-bond donors (Lipinski definition) is 3. The number of rotatable bonds is 5. The summed E-state index contributed by atoms with van der Waals surface area (Å²) in [6, 6.07) is 0. The molecular weight excluding hydrogens is 216 g/mol. The molecule has 0 saturated heterocycles. The summed E-state index contributed by atoms with van der Waals surface area (Å²) in [6.45, 7) is 1.97. The van der Waals surface area contributed by atoms with Crippen LogP contribution in [0.25, 0.3) is 0 Å². The number of thiazole rings is 1. The van der Waals surface area contributed by atoms with Gasteiger partial charge in [-0.1, -0.05) is 11.3 Å². The van der Waals surface area contributed by atoms with E-state index in [1.165, 1.54) is 0 Å². The van der Waals surface area contributed by atoms with Crippen molar-refractivity contribution in [3.05, 3.63) is 20.7 Å². The van der Waals surface area contributed by atoms with E-state index >= 15 is 0 Å². The normalized spacial score (nSPS) is 12.4. The summed E-state index contributed by atoms with van der Waals surface area (Å²) in [6.07, 6.45) is 0.287. The summed E-state index contributed by atoms with van der Waals surface area (Å²) >= 11 is 1.07. The number of hydrogen-bond acceptors (Lipinski definition) is 4. The van der Waals surface area contributed by atoms with E-state index in [1.54, 1.807) is 12.3 Å². The van der Waals surface area contributed by atoms with Crippen LogP contribution in [0.5, 0.6) is 0 Å². The molecule has 3 N–H and O–H groups in total. The van der Waals surface area contributed by atoms with Crippen molar-refractivity contribution in [2.75, 3.05) is 0 Å². The average Bonchev–Trinajstić information content (AvgIpc) is 2.58. The number of carbonyl (C=O) groups is 1. The number of amides is 1.